The first-order chi connectivity index (χ1) is 5.62. The van der Waals surface area contributed by atoms with Gasteiger partial charge in [-0.15, -0.1) is 0 Å². The van der Waals surface area contributed by atoms with E-state index in [0.717, 1.165) is 6.42 Å². The maximum absolute atomic E-state index is 5.48. The number of hydrogen-bond donors (Lipinski definition) is 0. The molecule has 0 aliphatic carbocycles. The summed E-state index contributed by atoms with van der Waals surface area (Å²) < 4.78 is 9.88. The van der Waals surface area contributed by atoms with Gasteiger partial charge in [0, 0.05) is 7.11 Å². The Kier molecular flexibility index (Phi) is 2.69. The van der Waals surface area contributed by atoms with E-state index in [1.54, 1.807) is 7.11 Å². The molecule has 68 valence electrons. The van der Waals surface area contributed by atoms with Crippen molar-refractivity contribution in [3.05, 3.63) is 11.2 Å². The summed E-state index contributed by atoms with van der Waals surface area (Å²) in [4.78, 5) is 3.89. The molecular formula is C7H11ClN2O2. The van der Waals surface area contributed by atoms with Gasteiger partial charge in [0.1, 0.15) is 5.60 Å². The van der Waals surface area contributed by atoms with Crippen LogP contribution in [0.25, 0.3) is 0 Å². The summed E-state index contributed by atoms with van der Waals surface area (Å²) in [5.74, 6) is 0.484. The average Bonchev–Trinajstić information content (AvgIpc) is 2.51. The van der Waals surface area contributed by atoms with Crippen LogP contribution in [-0.4, -0.2) is 17.3 Å². The maximum atomic E-state index is 5.48. The molecule has 0 aromatic carbocycles. The quantitative estimate of drug-likeness (QED) is 0.732. The number of rotatable bonds is 3. The van der Waals surface area contributed by atoms with E-state index in [0.29, 0.717) is 5.82 Å². The fraction of sp³-hybridized carbons (Fsp3) is 0.714. The molecule has 0 radical (unpaired) electrons. The topological polar surface area (TPSA) is 48.2 Å². The maximum Gasteiger partial charge on any atom is 0.320 e. The van der Waals surface area contributed by atoms with Crippen LogP contribution in [0.4, 0.5) is 0 Å². The Morgan fingerprint density at radius 3 is 2.67 bits per heavy atom. The first-order valence-corrected chi connectivity index (χ1v) is 4.05. The second kappa shape index (κ2) is 3.41. The van der Waals surface area contributed by atoms with Gasteiger partial charge >= 0.3 is 5.35 Å². The molecule has 0 bridgehead atoms. The molecule has 0 aliphatic rings. The minimum Gasteiger partial charge on any atom is -0.370 e. The lowest BCUT2D eigenvalue weighted by Crippen LogP contribution is -2.24. The number of aromatic nitrogens is 2. The SMILES string of the molecule is CCC(C)(OC)c1noc(Cl)n1. The zero-order valence-electron chi connectivity index (χ0n) is 7.30. The summed E-state index contributed by atoms with van der Waals surface area (Å²) in [6.45, 7) is 3.86. The molecule has 0 aliphatic heterocycles. The van der Waals surface area contributed by atoms with Crippen LogP contribution in [0.2, 0.25) is 5.35 Å². The van der Waals surface area contributed by atoms with Crippen molar-refractivity contribution in [2.45, 2.75) is 25.9 Å². The van der Waals surface area contributed by atoms with E-state index in [2.05, 4.69) is 14.7 Å². The summed E-state index contributed by atoms with van der Waals surface area (Å²) in [5.41, 5.74) is -0.503. The third-order valence-corrected chi connectivity index (χ3v) is 2.15. The Morgan fingerprint density at radius 2 is 2.33 bits per heavy atom. The molecule has 12 heavy (non-hydrogen) atoms. The lowest BCUT2D eigenvalue weighted by molar-refractivity contribution is -0.0106. The number of halogens is 1. The molecule has 1 aromatic heterocycles. The highest BCUT2D eigenvalue weighted by atomic mass is 35.5. The smallest absolute Gasteiger partial charge is 0.320 e. The van der Waals surface area contributed by atoms with Gasteiger partial charge in [0.15, 0.2) is 0 Å². The zero-order chi connectivity index (χ0) is 9.19. The van der Waals surface area contributed by atoms with Gasteiger partial charge in [0.2, 0.25) is 5.82 Å². The molecule has 4 nitrogen and oxygen atoms in total. The van der Waals surface area contributed by atoms with E-state index < -0.39 is 5.60 Å². The Morgan fingerprint density at radius 1 is 1.67 bits per heavy atom. The summed E-state index contributed by atoms with van der Waals surface area (Å²) in [7, 11) is 1.60. The van der Waals surface area contributed by atoms with Gasteiger partial charge in [-0.05, 0) is 24.9 Å². The van der Waals surface area contributed by atoms with Crippen molar-refractivity contribution in [3.8, 4) is 0 Å². The van der Waals surface area contributed by atoms with Crippen molar-refractivity contribution in [1.29, 1.82) is 0 Å². The van der Waals surface area contributed by atoms with Crippen LogP contribution in [0.1, 0.15) is 26.1 Å². The lowest BCUT2D eigenvalue weighted by Gasteiger charge is -2.21. The summed E-state index contributed by atoms with van der Waals surface area (Å²) in [6.07, 6.45) is 0.763. The lowest BCUT2D eigenvalue weighted by atomic mass is 10.0. The monoisotopic (exact) mass is 190 g/mol. The molecule has 0 saturated carbocycles. The molecule has 0 N–H and O–H groups in total. The van der Waals surface area contributed by atoms with Crippen LogP contribution >= 0.6 is 11.6 Å². The zero-order valence-corrected chi connectivity index (χ0v) is 8.05. The number of nitrogens with zero attached hydrogens (tertiary/aromatic N) is 2. The van der Waals surface area contributed by atoms with E-state index >= 15 is 0 Å². The fourth-order valence-electron chi connectivity index (χ4n) is 0.814. The van der Waals surface area contributed by atoms with Crippen molar-refractivity contribution in [2.75, 3.05) is 7.11 Å². The number of hydrogen-bond acceptors (Lipinski definition) is 4. The largest absolute Gasteiger partial charge is 0.370 e. The minimum atomic E-state index is -0.503. The van der Waals surface area contributed by atoms with Crippen molar-refractivity contribution >= 4 is 11.6 Å². The standard InChI is InChI=1S/C7H11ClN2O2/c1-4-7(2,11-3)5-9-6(8)12-10-5/h4H2,1-3H3. The summed E-state index contributed by atoms with van der Waals surface area (Å²) >= 11 is 5.48. The van der Waals surface area contributed by atoms with Crippen LogP contribution in [-0.2, 0) is 10.3 Å². The van der Waals surface area contributed by atoms with E-state index in [1.165, 1.54) is 0 Å². The number of methoxy groups -OCH3 is 1. The third kappa shape index (κ3) is 1.59. The molecule has 5 heteroatoms. The highest BCUT2D eigenvalue weighted by Crippen LogP contribution is 2.25. The molecule has 1 rings (SSSR count). The average molecular weight is 191 g/mol. The first-order valence-electron chi connectivity index (χ1n) is 3.67. The normalized spacial score (nSPS) is 16.0. The van der Waals surface area contributed by atoms with Gasteiger partial charge in [-0.25, -0.2) is 0 Å². The number of ether oxygens (including phenoxy) is 1. The second-order valence-corrected chi connectivity index (χ2v) is 2.98. The van der Waals surface area contributed by atoms with E-state index in [4.69, 9.17) is 16.3 Å². The molecule has 1 heterocycles. The predicted molar refractivity (Wildman–Crippen MR) is 44.0 cm³/mol. The van der Waals surface area contributed by atoms with Crippen LogP contribution in [0.15, 0.2) is 4.52 Å². The molecule has 1 unspecified atom stereocenters. The van der Waals surface area contributed by atoms with Crippen molar-refractivity contribution in [3.63, 3.8) is 0 Å². The van der Waals surface area contributed by atoms with E-state index in [-0.39, 0.29) is 5.35 Å². The highest BCUT2D eigenvalue weighted by Gasteiger charge is 2.29. The Hall–Kier alpha value is -0.610. The van der Waals surface area contributed by atoms with Gasteiger partial charge < -0.3 is 9.26 Å². The molecule has 1 aromatic rings. The van der Waals surface area contributed by atoms with Crippen LogP contribution in [0.5, 0.6) is 0 Å². The van der Waals surface area contributed by atoms with Crippen LogP contribution in [0.3, 0.4) is 0 Å². The first kappa shape index (κ1) is 9.48. The molecule has 0 saturated heterocycles. The van der Waals surface area contributed by atoms with Crippen molar-refractivity contribution < 1.29 is 9.26 Å². The van der Waals surface area contributed by atoms with Crippen LogP contribution < -0.4 is 0 Å². The van der Waals surface area contributed by atoms with Gasteiger partial charge in [0.25, 0.3) is 0 Å². The molecule has 0 spiro atoms. The Balaban J connectivity index is 2.94. The van der Waals surface area contributed by atoms with Gasteiger partial charge in [-0.2, -0.15) is 4.98 Å². The third-order valence-electron chi connectivity index (χ3n) is 2.00. The molecular weight excluding hydrogens is 180 g/mol. The summed E-state index contributed by atoms with van der Waals surface area (Å²) in [6, 6.07) is 0. The van der Waals surface area contributed by atoms with Gasteiger partial charge in [-0.1, -0.05) is 12.1 Å². The Labute approximate surface area is 75.9 Å². The fourth-order valence-corrected chi connectivity index (χ4v) is 0.928. The molecule has 0 amide bonds. The van der Waals surface area contributed by atoms with E-state index in [9.17, 15) is 0 Å². The molecule has 0 fully saturated rings. The second-order valence-electron chi connectivity index (χ2n) is 2.66. The van der Waals surface area contributed by atoms with E-state index in [1.807, 2.05) is 13.8 Å². The van der Waals surface area contributed by atoms with Crippen molar-refractivity contribution in [2.24, 2.45) is 0 Å². The Bertz CT molecular complexity index is 258. The van der Waals surface area contributed by atoms with Gasteiger partial charge in [-0.3, -0.25) is 0 Å². The highest BCUT2D eigenvalue weighted by molar-refractivity contribution is 6.27. The predicted octanol–water partition coefficient (Wildman–Crippen LogP) is 1.99. The van der Waals surface area contributed by atoms with Crippen LogP contribution in [0, 0.1) is 0 Å². The van der Waals surface area contributed by atoms with Gasteiger partial charge in [0.05, 0.1) is 0 Å². The van der Waals surface area contributed by atoms with Crippen molar-refractivity contribution in [1.82, 2.24) is 10.1 Å². The summed E-state index contributed by atoms with van der Waals surface area (Å²) in [5, 5.41) is 3.73. The molecule has 1 atom stereocenters. The minimum absolute atomic E-state index is 0.0433.